The highest BCUT2D eigenvalue weighted by Crippen LogP contribution is 2.39. The van der Waals surface area contributed by atoms with Crippen LogP contribution in [0.5, 0.6) is 5.75 Å². The number of carbonyl (C=O) groups is 1. The number of ether oxygens (including phenoxy) is 1. The second kappa shape index (κ2) is 7.95. The zero-order valence-corrected chi connectivity index (χ0v) is 17.9. The van der Waals surface area contributed by atoms with Crippen molar-refractivity contribution in [1.29, 1.82) is 0 Å². The van der Waals surface area contributed by atoms with Crippen LogP contribution in [-0.4, -0.2) is 41.7 Å². The number of benzene rings is 1. The van der Waals surface area contributed by atoms with Gasteiger partial charge in [0, 0.05) is 18.2 Å². The van der Waals surface area contributed by atoms with Crippen LogP contribution in [0.1, 0.15) is 54.0 Å². The van der Waals surface area contributed by atoms with E-state index in [2.05, 4.69) is 5.32 Å². The van der Waals surface area contributed by atoms with Gasteiger partial charge in [-0.15, -0.1) is 0 Å². The number of alkyl carbamates (subject to hydrolysis) is 1. The van der Waals surface area contributed by atoms with Crippen molar-refractivity contribution < 1.29 is 32.7 Å². The third kappa shape index (κ3) is 5.70. The van der Waals surface area contributed by atoms with Gasteiger partial charge in [-0.2, -0.15) is 0 Å². The lowest BCUT2D eigenvalue weighted by molar-refractivity contribution is 0.00578. The lowest BCUT2D eigenvalue weighted by atomic mass is 9.77. The molecule has 1 aromatic carbocycles. The molecule has 160 valence electrons. The summed E-state index contributed by atoms with van der Waals surface area (Å²) >= 11 is 0. The third-order valence-electron chi connectivity index (χ3n) is 4.79. The first-order valence-electron chi connectivity index (χ1n) is 9.32. The van der Waals surface area contributed by atoms with Crippen LogP contribution in [0.15, 0.2) is 17.6 Å². The molecule has 1 fully saturated rings. The SMILES string of the molecule is CC(C)(C)OC(=O)NCC(=Cc1cc(F)cc(F)c1O)B1OC(C)(C)C(C)(C)O1. The van der Waals surface area contributed by atoms with E-state index in [1.165, 1.54) is 6.08 Å². The molecule has 0 aromatic heterocycles. The molecule has 1 aliphatic rings. The molecular formula is C20H28BF2NO5. The number of aromatic hydroxyl groups is 1. The molecule has 1 aliphatic heterocycles. The van der Waals surface area contributed by atoms with Gasteiger partial charge in [0.25, 0.3) is 0 Å². The van der Waals surface area contributed by atoms with Crippen LogP contribution in [0.4, 0.5) is 13.6 Å². The van der Waals surface area contributed by atoms with Crippen LogP contribution < -0.4 is 5.32 Å². The molecule has 0 bridgehead atoms. The number of hydrogen-bond acceptors (Lipinski definition) is 5. The Morgan fingerprint density at radius 3 is 2.28 bits per heavy atom. The molecule has 0 radical (unpaired) electrons. The van der Waals surface area contributed by atoms with Gasteiger partial charge in [-0.25, -0.2) is 13.6 Å². The van der Waals surface area contributed by atoms with Crippen LogP contribution >= 0.6 is 0 Å². The van der Waals surface area contributed by atoms with E-state index in [1.807, 2.05) is 27.7 Å². The van der Waals surface area contributed by atoms with Gasteiger partial charge in [0.2, 0.25) is 0 Å². The number of phenols is 1. The Hall–Kier alpha value is -2.13. The number of hydrogen-bond donors (Lipinski definition) is 2. The second-order valence-corrected chi connectivity index (χ2v) is 8.99. The number of carbonyl (C=O) groups excluding carboxylic acids is 1. The van der Waals surface area contributed by atoms with Crippen LogP contribution in [-0.2, 0) is 14.0 Å². The van der Waals surface area contributed by atoms with Gasteiger partial charge in [0.1, 0.15) is 11.4 Å². The average molecular weight is 411 g/mol. The summed E-state index contributed by atoms with van der Waals surface area (Å²) in [6.07, 6.45) is 0.663. The molecule has 0 atom stereocenters. The van der Waals surface area contributed by atoms with E-state index in [9.17, 15) is 18.7 Å². The average Bonchev–Trinajstić information content (AvgIpc) is 2.74. The molecule has 2 N–H and O–H groups in total. The van der Waals surface area contributed by atoms with Gasteiger partial charge >= 0.3 is 13.2 Å². The predicted molar refractivity (Wildman–Crippen MR) is 106 cm³/mol. The highest BCUT2D eigenvalue weighted by atomic mass is 19.1. The Labute approximate surface area is 170 Å². The maximum atomic E-state index is 13.7. The molecule has 2 rings (SSSR count). The minimum Gasteiger partial charge on any atom is -0.504 e. The Morgan fingerprint density at radius 1 is 1.21 bits per heavy atom. The number of halogens is 2. The summed E-state index contributed by atoms with van der Waals surface area (Å²) in [4.78, 5) is 12.0. The Kier molecular flexibility index (Phi) is 6.35. The molecule has 1 amide bonds. The van der Waals surface area contributed by atoms with Crippen molar-refractivity contribution in [3.05, 3.63) is 34.8 Å². The molecule has 1 saturated heterocycles. The molecule has 1 heterocycles. The minimum atomic E-state index is -1.09. The lowest BCUT2D eigenvalue weighted by Crippen LogP contribution is -2.41. The van der Waals surface area contributed by atoms with E-state index in [1.54, 1.807) is 20.8 Å². The van der Waals surface area contributed by atoms with Crippen molar-refractivity contribution in [1.82, 2.24) is 5.32 Å². The summed E-state index contributed by atoms with van der Waals surface area (Å²) in [6.45, 7) is 12.5. The molecule has 0 aliphatic carbocycles. The maximum Gasteiger partial charge on any atom is 0.492 e. The molecule has 0 spiro atoms. The van der Waals surface area contributed by atoms with Gasteiger partial charge in [-0.1, -0.05) is 6.08 Å². The molecule has 9 heteroatoms. The fraction of sp³-hybridized carbons (Fsp3) is 0.550. The van der Waals surface area contributed by atoms with E-state index < -0.39 is 47.4 Å². The molecule has 29 heavy (non-hydrogen) atoms. The van der Waals surface area contributed by atoms with Crippen LogP contribution in [0, 0.1) is 11.6 Å². The van der Waals surface area contributed by atoms with Crippen molar-refractivity contribution >= 4 is 19.3 Å². The summed E-state index contributed by atoms with van der Waals surface area (Å²) < 4.78 is 44.6. The Balaban J connectivity index is 2.35. The highest BCUT2D eigenvalue weighted by Gasteiger charge is 2.52. The Bertz CT molecular complexity index is 802. The minimum absolute atomic E-state index is 0.0800. The number of phenolic OH excluding ortho intramolecular Hbond substituents is 1. The van der Waals surface area contributed by atoms with E-state index in [0.717, 1.165) is 6.07 Å². The quantitative estimate of drug-likeness (QED) is 0.726. The van der Waals surface area contributed by atoms with Gasteiger partial charge in [-0.05, 0) is 60.0 Å². The number of nitrogens with one attached hydrogen (secondary N) is 1. The van der Waals surface area contributed by atoms with Gasteiger partial charge in [0.15, 0.2) is 11.6 Å². The first-order chi connectivity index (χ1) is 13.1. The standard InChI is InChI=1S/C20H28BF2NO5/c1-18(2,3)27-17(26)24-11-13(21-28-19(4,5)20(6,7)29-21)8-12-9-14(22)10-15(23)16(12)25/h8-10,25H,11H2,1-7H3,(H,24,26). The largest absolute Gasteiger partial charge is 0.504 e. The second-order valence-electron chi connectivity index (χ2n) is 8.99. The predicted octanol–water partition coefficient (Wildman–Crippen LogP) is 4.21. The zero-order valence-electron chi connectivity index (χ0n) is 17.9. The fourth-order valence-corrected chi connectivity index (χ4v) is 2.58. The summed E-state index contributed by atoms with van der Waals surface area (Å²) in [5.74, 6) is -2.65. The first kappa shape index (κ1) is 23.2. The smallest absolute Gasteiger partial charge is 0.492 e. The van der Waals surface area contributed by atoms with Crippen molar-refractivity contribution in [2.24, 2.45) is 0 Å². The fourth-order valence-electron chi connectivity index (χ4n) is 2.58. The summed E-state index contributed by atoms with van der Waals surface area (Å²) in [5.41, 5.74) is -1.77. The maximum absolute atomic E-state index is 13.7. The first-order valence-corrected chi connectivity index (χ1v) is 9.32. The third-order valence-corrected chi connectivity index (χ3v) is 4.79. The topological polar surface area (TPSA) is 77.0 Å². The van der Waals surface area contributed by atoms with Crippen molar-refractivity contribution in [3.63, 3.8) is 0 Å². The van der Waals surface area contributed by atoms with E-state index in [0.29, 0.717) is 11.5 Å². The normalized spacial score (nSPS) is 18.7. The summed E-state index contributed by atoms with van der Waals surface area (Å²) in [6, 6.07) is 1.57. The molecule has 0 saturated carbocycles. The van der Waals surface area contributed by atoms with E-state index in [4.69, 9.17) is 14.0 Å². The molecular weight excluding hydrogens is 383 g/mol. The van der Waals surface area contributed by atoms with E-state index >= 15 is 0 Å². The van der Waals surface area contributed by atoms with E-state index in [-0.39, 0.29) is 12.1 Å². The van der Waals surface area contributed by atoms with Crippen molar-refractivity contribution in [2.75, 3.05) is 6.54 Å². The van der Waals surface area contributed by atoms with Gasteiger partial charge < -0.3 is 24.5 Å². The van der Waals surface area contributed by atoms with Gasteiger partial charge in [-0.3, -0.25) is 0 Å². The zero-order chi connectivity index (χ0) is 22.2. The number of rotatable bonds is 4. The summed E-state index contributed by atoms with van der Waals surface area (Å²) in [5, 5.41) is 12.6. The molecule has 0 unspecified atom stereocenters. The monoisotopic (exact) mass is 411 g/mol. The Morgan fingerprint density at radius 2 is 1.76 bits per heavy atom. The van der Waals surface area contributed by atoms with Crippen molar-refractivity contribution in [2.45, 2.75) is 65.3 Å². The van der Waals surface area contributed by atoms with Crippen LogP contribution in [0.25, 0.3) is 6.08 Å². The van der Waals surface area contributed by atoms with Crippen molar-refractivity contribution in [3.8, 4) is 5.75 Å². The number of amides is 1. The lowest BCUT2D eigenvalue weighted by Gasteiger charge is -2.32. The molecule has 6 nitrogen and oxygen atoms in total. The van der Waals surface area contributed by atoms with Crippen LogP contribution in [0.3, 0.4) is 0 Å². The highest BCUT2D eigenvalue weighted by molar-refractivity contribution is 6.56. The summed E-state index contributed by atoms with van der Waals surface area (Å²) in [7, 11) is -0.902. The van der Waals surface area contributed by atoms with Gasteiger partial charge in [0.05, 0.1) is 11.2 Å². The molecule has 1 aromatic rings. The van der Waals surface area contributed by atoms with Crippen LogP contribution in [0.2, 0.25) is 0 Å².